The van der Waals surface area contributed by atoms with Gasteiger partial charge in [-0.15, -0.1) is 0 Å². The molecule has 6 heteroatoms. The van der Waals surface area contributed by atoms with Gasteiger partial charge in [0.15, 0.2) is 5.78 Å². The van der Waals surface area contributed by atoms with Crippen molar-refractivity contribution in [2.75, 3.05) is 32.7 Å². The second-order valence-electron chi connectivity index (χ2n) is 4.81. The van der Waals surface area contributed by atoms with Crippen molar-refractivity contribution in [3.05, 3.63) is 0 Å². The van der Waals surface area contributed by atoms with Crippen molar-refractivity contribution >= 4 is 11.7 Å². The maximum absolute atomic E-state index is 11.6. The molecule has 2 atom stereocenters. The third kappa shape index (κ3) is 5.57. The smallest absolute Gasteiger partial charge is 0.234 e. The first kappa shape index (κ1) is 15.1. The van der Waals surface area contributed by atoms with E-state index in [0.29, 0.717) is 5.92 Å². The molecule has 1 rings (SSSR count). The van der Waals surface area contributed by atoms with Gasteiger partial charge in [0.1, 0.15) is 0 Å². The van der Waals surface area contributed by atoms with Crippen LogP contribution in [0.5, 0.6) is 0 Å². The third-order valence-corrected chi connectivity index (χ3v) is 3.18. The van der Waals surface area contributed by atoms with Crippen molar-refractivity contribution in [2.45, 2.75) is 25.8 Å². The first-order valence-electron chi connectivity index (χ1n) is 6.54. The van der Waals surface area contributed by atoms with Crippen LogP contribution in [0.25, 0.3) is 0 Å². The lowest BCUT2D eigenvalue weighted by Crippen LogP contribution is -2.48. The molecule has 18 heavy (non-hydrogen) atoms. The molecule has 1 amide bonds. The number of rotatable bonds is 7. The molecule has 1 saturated heterocycles. The van der Waals surface area contributed by atoms with Crippen LogP contribution in [0.2, 0.25) is 0 Å². The fourth-order valence-electron chi connectivity index (χ4n) is 2.06. The molecule has 0 radical (unpaired) electrons. The molecule has 0 aromatic heterocycles. The molecule has 0 bridgehead atoms. The number of carbonyl (C=O) groups is 2. The molecule has 5 N–H and O–H groups in total. The van der Waals surface area contributed by atoms with Crippen LogP contribution in [0.15, 0.2) is 0 Å². The average Bonchev–Trinajstić information content (AvgIpc) is 2.37. The van der Waals surface area contributed by atoms with E-state index in [1.165, 1.54) is 19.8 Å². The van der Waals surface area contributed by atoms with E-state index in [9.17, 15) is 9.59 Å². The highest BCUT2D eigenvalue weighted by molar-refractivity contribution is 5.88. The van der Waals surface area contributed by atoms with E-state index in [1.807, 2.05) is 0 Å². The fraction of sp³-hybridized carbons (Fsp3) is 0.833. The molecular formula is C12H24N4O2. The van der Waals surface area contributed by atoms with Crippen LogP contribution in [-0.2, 0) is 9.59 Å². The lowest BCUT2D eigenvalue weighted by atomic mass is 10.00. The number of nitrogens with one attached hydrogen (secondary N) is 3. The number of ketones is 1. The molecule has 0 aromatic carbocycles. The Kier molecular flexibility index (Phi) is 6.85. The minimum Gasteiger partial charge on any atom is -0.344 e. The Bertz CT molecular complexity index is 277. The summed E-state index contributed by atoms with van der Waals surface area (Å²) in [5, 5.41) is 9.06. The summed E-state index contributed by atoms with van der Waals surface area (Å²) in [7, 11) is 0. The number of hydrogen-bond acceptors (Lipinski definition) is 5. The lowest BCUT2D eigenvalue weighted by Gasteiger charge is -2.23. The zero-order valence-electron chi connectivity index (χ0n) is 11.0. The zero-order valence-corrected chi connectivity index (χ0v) is 11.0. The van der Waals surface area contributed by atoms with Gasteiger partial charge in [0.25, 0.3) is 0 Å². The Labute approximate surface area is 108 Å². The van der Waals surface area contributed by atoms with Gasteiger partial charge in [0.05, 0.1) is 12.6 Å². The molecule has 0 aromatic rings. The Morgan fingerprint density at radius 1 is 1.50 bits per heavy atom. The number of hydrogen-bond donors (Lipinski definition) is 4. The van der Waals surface area contributed by atoms with E-state index < -0.39 is 6.04 Å². The van der Waals surface area contributed by atoms with Gasteiger partial charge in [-0.2, -0.15) is 0 Å². The number of piperidine rings is 1. The molecule has 1 fully saturated rings. The second kappa shape index (κ2) is 8.18. The van der Waals surface area contributed by atoms with Gasteiger partial charge in [-0.1, -0.05) is 0 Å². The summed E-state index contributed by atoms with van der Waals surface area (Å²) in [6, 6.07) is -0.560. The molecule has 0 aliphatic carbocycles. The summed E-state index contributed by atoms with van der Waals surface area (Å²) in [4.78, 5) is 22.7. The molecule has 1 aliphatic heterocycles. The highest BCUT2D eigenvalue weighted by atomic mass is 16.2. The second-order valence-corrected chi connectivity index (χ2v) is 4.81. The predicted molar refractivity (Wildman–Crippen MR) is 70.1 cm³/mol. The molecule has 1 heterocycles. The van der Waals surface area contributed by atoms with Crippen LogP contribution >= 0.6 is 0 Å². The minimum atomic E-state index is -0.560. The van der Waals surface area contributed by atoms with Crippen LogP contribution in [0.4, 0.5) is 0 Å². The van der Waals surface area contributed by atoms with Gasteiger partial charge in [0, 0.05) is 6.54 Å². The Morgan fingerprint density at radius 3 is 2.83 bits per heavy atom. The van der Waals surface area contributed by atoms with Crippen molar-refractivity contribution in [3.8, 4) is 0 Å². The van der Waals surface area contributed by atoms with Crippen molar-refractivity contribution in [3.63, 3.8) is 0 Å². The highest BCUT2D eigenvalue weighted by Crippen LogP contribution is 2.07. The molecule has 6 nitrogen and oxygen atoms in total. The van der Waals surface area contributed by atoms with Crippen LogP contribution < -0.4 is 21.7 Å². The Balaban J connectivity index is 2.14. The first-order valence-corrected chi connectivity index (χ1v) is 6.54. The van der Waals surface area contributed by atoms with E-state index >= 15 is 0 Å². The van der Waals surface area contributed by atoms with Gasteiger partial charge in [0.2, 0.25) is 5.91 Å². The minimum absolute atomic E-state index is 0.109. The summed E-state index contributed by atoms with van der Waals surface area (Å²) in [5.74, 6) is 0.302. The summed E-state index contributed by atoms with van der Waals surface area (Å²) < 4.78 is 0. The molecule has 1 unspecified atom stereocenters. The summed E-state index contributed by atoms with van der Waals surface area (Å²) >= 11 is 0. The molecular weight excluding hydrogens is 232 g/mol. The molecule has 1 aliphatic rings. The van der Waals surface area contributed by atoms with E-state index in [-0.39, 0.29) is 24.8 Å². The average molecular weight is 256 g/mol. The monoisotopic (exact) mass is 256 g/mol. The fourth-order valence-corrected chi connectivity index (χ4v) is 2.06. The van der Waals surface area contributed by atoms with Gasteiger partial charge < -0.3 is 21.7 Å². The summed E-state index contributed by atoms with van der Waals surface area (Å²) in [6.45, 7) is 4.74. The van der Waals surface area contributed by atoms with Crippen LogP contribution in [0, 0.1) is 5.92 Å². The molecule has 0 saturated carbocycles. The SMILES string of the molecule is CC(=O)C(CN)NC(=O)CNC[C@@H]1CCCNC1. The number of amides is 1. The van der Waals surface area contributed by atoms with Crippen molar-refractivity contribution in [1.82, 2.24) is 16.0 Å². The zero-order chi connectivity index (χ0) is 13.4. The molecule has 0 spiro atoms. The normalized spacial score (nSPS) is 21.3. The lowest BCUT2D eigenvalue weighted by molar-refractivity contribution is -0.126. The van der Waals surface area contributed by atoms with Crippen LogP contribution in [0.3, 0.4) is 0 Å². The van der Waals surface area contributed by atoms with Gasteiger partial charge in [-0.3, -0.25) is 9.59 Å². The number of carbonyl (C=O) groups excluding carboxylic acids is 2. The third-order valence-electron chi connectivity index (χ3n) is 3.18. The maximum atomic E-state index is 11.6. The molecule has 104 valence electrons. The van der Waals surface area contributed by atoms with E-state index in [0.717, 1.165) is 19.6 Å². The van der Waals surface area contributed by atoms with Crippen LogP contribution in [-0.4, -0.2) is 50.5 Å². The van der Waals surface area contributed by atoms with Crippen molar-refractivity contribution in [1.29, 1.82) is 0 Å². The van der Waals surface area contributed by atoms with E-state index in [4.69, 9.17) is 5.73 Å². The maximum Gasteiger partial charge on any atom is 0.234 e. The number of nitrogens with two attached hydrogens (primary N) is 1. The quantitative estimate of drug-likeness (QED) is 0.450. The van der Waals surface area contributed by atoms with Crippen LogP contribution in [0.1, 0.15) is 19.8 Å². The van der Waals surface area contributed by atoms with Crippen molar-refractivity contribution in [2.24, 2.45) is 11.7 Å². The Morgan fingerprint density at radius 2 is 2.28 bits per heavy atom. The van der Waals surface area contributed by atoms with E-state index in [1.54, 1.807) is 0 Å². The summed E-state index contributed by atoms with van der Waals surface area (Å²) in [6.07, 6.45) is 2.39. The van der Waals surface area contributed by atoms with Crippen molar-refractivity contribution < 1.29 is 9.59 Å². The van der Waals surface area contributed by atoms with Gasteiger partial charge in [-0.05, 0) is 45.3 Å². The largest absolute Gasteiger partial charge is 0.344 e. The van der Waals surface area contributed by atoms with Gasteiger partial charge >= 0.3 is 0 Å². The first-order chi connectivity index (χ1) is 8.63. The standard InChI is InChI=1S/C12H24N4O2/c1-9(17)11(5-13)16-12(18)8-15-7-10-3-2-4-14-6-10/h10-11,14-15H,2-8,13H2,1H3,(H,16,18)/t10-,11?/m1/s1. The topological polar surface area (TPSA) is 96.2 Å². The number of Topliss-reactive ketones (excluding diaryl/α,β-unsaturated/α-hetero) is 1. The highest BCUT2D eigenvalue weighted by Gasteiger charge is 2.16. The Hall–Kier alpha value is -0.980. The van der Waals surface area contributed by atoms with E-state index in [2.05, 4.69) is 16.0 Å². The van der Waals surface area contributed by atoms with Gasteiger partial charge in [-0.25, -0.2) is 0 Å². The summed E-state index contributed by atoms with van der Waals surface area (Å²) in [5.41, 5.74) is 5.40. The predicted octanol–water partition coefficient (Wildman–Crippen LogP) is -1.39.